The van der Waals surface area contributed by atoms with Crippen molar-refractivity contribution in [2.24, 2.45) is 0 Å². The summed E-state index contributed by atoms with van der Waals surface area (Å²) in [5.41, 5.74) is 0.176. The Kier molecular flexibility index (Phi) is 3.87. The molecule has 2 atom stereocenters. The van der Waals surface area contributed by atoms with E-state index >= 15 is 0 Å². The van der Waals surface area contributed by atoms with Crippen molar-refractivity contribution < 1.29 is 14.6 Å². The second-order valence-electron chi connectivity index (χ2n) is 7.88. The number of rotatable bonds is 1. The largest absolute Gasteiger partial charge is 0.444 e. The fraction of sp³-hybridized carbons (Fsp3) is 0.667. The number of amides is 1. The second-order valence-corrected chi connectivity index (χ2v) is 7.88. The van der Waals surface area contributed by atoms with E-state index < -0.39 is 11.2 Å². The van der Waals surface area contributed by atoms with Gasteiger partial charge in [0.1, 0.15) is 11.2 Å². The molecule has 5 heteroatoms. The quantitative estimate of drug-likeness (QED) is 0.864. The summed E-state index contributed by atoms with van der Waals surface area (Å²) in [6, 6.07) is 5.79. The summed E-state index contributed by atoms with van der Waals surface area (Å²) >= 11 is 0. The predicted molar refractivity (Wildman–Crippen MR) is 87.0 cm³/mol. The van der Waals surface area contributed by atoms with Crippen LogP contribution >= 0.6 is 0 Å². The fourth-order valence-corrected chi connectivity index (χ4v) is 3.85. The van der Waals surface area contributed by atoms with E-state index in [2.05, 4.69) is 4.98 Å². The summed E-state index contributed by atoms with van der Waals surface area (Å²) in [5.74, 6) is 0. The molecule has 2 aliphatic rings. The molecular formula is C18H26N2O3. The molecule has 0 aliphatic carbocycles. The Balaban J connectivity index is 1.80. The van der Waals surface area contributed by atoms with Gasteiger partial charge in [-0.15, -0.1) is 0 Å². The molecule has 1 N–H and O–H groups in total. The van der Waals surface area contributed by atoms with Gasteiger partial charge in [0.25, 0.3) is 0 Å². The van der Waals surface area contributed by atoms with Crippen molar-refractivity contribution in [1.82, 2.24) is 9.88 Å². The third-order valence-corrected chi connectivity index (χ3v) is 4.74. The summed E-state index contributed by atoms with van der Waals surface area (Å²) in [5, 5.41) is 11.1. The van der Waals surface area contributed by atoms with Crippen LogP contribution in [0.5, 0.6) is 0 Å². The molecule has 2 saturated heterocycles. The van der Waals surface area contributed by atoms with E-state index in [1.807, 2.05) is 50.8 Å². The molecule has 0 saturated carbocycles. The van der Waals surface area contributed by atoms with Crippen LogP contribution in [0.1, 0.15) is 57.8 Å². The molecular weight excluding hydrogens is 292 g/mol. The van der Waals surface area contributed by atoms with Gasteiger partial charge in [0.15, 0.2) is 0 Å². The zero-order valence-corrected chi connectivity index (χ0v) is 14.4. The first-order chi connectivity index (χ1) is 10.7. The molecule has 23 heavy (non-hydrogen) atoms. The highest BCUT2D eigenvalue weighted by Gasteiger charge is 2.51. The molecule has 3 heterocycles. The smallest absolute Gasteiger partial charge is 0.410 e. The number of nitrogens with zero attached hydrogens (tertiary/aromatic N) is 2. The Morgan fingerprint density at radius 3 is 2.43 bits per heavy atom. The monoisotopic (exact) mass is 318 g/mol. The normalized spacial score (nSPS) is 30.4. The van der Waals surface area contributed by atoms with E-state index in [1.165, 1.54) is 0 Å². The van der Waals surface area contributed by atoms with Gasteiger partial charge >= 0.3 is 6.09 Å². The Morgan fingerprint density at radius 2 is 1.91 bits per heavy atom. The molecule has 126 valence electrons. The number of aryl methyl sites for hydroxylation is 1. The average molecular weight is 318 g/mol. The van der Waals surface area contributed by atoms with Crippen LogP contribution in [-0.4, -0.2) is 38.8 Å². The number of hydrogen-bond acceptors (Lipinski definition) is 4. The maximum absolute atomic E-state index is 12.5. The third kappa shape index (κ3) is 3.20. The molecule has 0 spiro atoms. The van der Waals surface area contributed by atoms with Crippen LogP contribution in [0, 0.1) is 6.92 Å². The summed E-state index contributed by atoms with van der Waals surface area (Å²) in [4.78, 5) is 18.8. The molecule has 1 amide bonds. The van der Waals surface area contributed by atoms with E-state index in [-0.39, 0.29) is 18.2 Å². The van der Waals surface area contributed by atoms with E-state index in [1.54, 1.807) is 0 Å². The van der Waals surface area contributed by atoms with E-state index in [0.717, 1.165) is 24.2 Å². The first kappa shape index (κ1) is 16.2. The minimum Gasteiger partial charge on any atom is -0.444 e. The van der Waals surface area contributed by atoms with Crippen molar-refractivity contribution in [1.29, 1.82) is 0 Å². The maximum Gasteiger partial charge on any atom is 0.410 e. The molecule has 3 rings (SSSR count). The van der Waals surface area contributed by atoms with Crippen LogP contribution in [-0.2, 0) is 10.3 Å². The zero-order valence-electron chi connectivity index (χ0n) is 14.4. The number of aromatic nitrogens is 1. The van der Waals surface area contributed by atoms with Gasteiger partial charge < -0.3 is 14.7 Å². The number of carbonyl (C=O) groups excluding carboxylic acids is 1. The van der Waals surface area contributed by atoms with Crippen molar-refractivity contribution in [2.45, 2.75) is 76.7 Å². The van der Waals surface area contributed by atoms with Crippen LogP contribution in [0.3, 0.4) is 0 Å². The van der Waals surface area contributed by atoms with Crippen LogP contribution in [0.25, 0.3) is 0 Å². The van der Waals surface area contributed by atoms with Gasteiger partial charge in [0.05, 0.1) is 5.69 Å². The van der Waals surface area contributed by atoms with Gasteiger partial charge in [-0.1, -0.05) is 6.07 Å². The second kappa shape index (κ2) is 5.48. The number of aliphatic hydroxyl groups is 1. The van der Waals surface area contributed by atoms with Crippen LogP contribution in [0.15, 0.2) is 18.2 Å². The molecule has 2 unspecified atom stereocenters. The number of fused-ring (bicyclic) bond motifs is 2. The van der Waals surface area contributed by atoms with Gasteiger partial charge in [-0.3, -0.25) is 4.98 Å². The summed E-state index contributed by atoms with van der Waals surface area (Å²) in [7, 11) is 0. The molecule has 2 bridgehead atoms. The highest BCUT2D eigenvalue weighted by Crippen LogP contribution is 2.45. The molecule has 5 nitrogen and oxygen atoms in total. The summed E-state index contributed by atoms with van der Waals surface area (Å²) < 4.78 is 5.54. The van der Waals surface area contributed by atoms with Gasteiger partial charge in [0, 0.05) is 30.6 Å². The van der Waals surface area contributed by atoms with Gasteiger partial charge in [0.2, 0.25) is 0 Å². The predicted octanol–water partition coefficient (Wildman–Crippen LogP) is 3.14. The minimum absolute atomic E-state index is 0.0240. The number of carbonyl (C=O) groups is 1. The Labute approximate surface area is 137 Å². The lowest BCUT2D eigenvalue weighted by Gasteiger charge is -2.43. The number of pyridine rings is 1. The number of ether oxygens (including phenoxy) is 1. The van der Waals surface area contributed by atoms with Gasteiger partial charge in [-0.05, 0) is 52.7 Å². The molecule has 2 fully saturated rings. The van der Waals surface area contributed by atoms with Crippen LogP contribution < -0.4 is 0 Å². The average Bonchev–Trinajstić information content (AvgIpc) is 2.70. The first-order valence-corrected chi connectivity index (χ1v) is 8.36. The molecule has 0 radical (unpaired) electrons. The third-order valence-electron chi connectivity index (χ3n) is 4.74. The summed E-state index contributed by atoms with van der Waals surface area (Å²) in [6.45, 7) is 7.56. The van der Waals surface area contributed by atoms with Crippen LogP contribution in [0.4, 0.5) is 4.79 Å². The number of hydrogen-bond donors (Lipinski definition) is 1. The molecule has 1 aromatic rings. The standard InChI is InChI=1S/C18H26N2O3/c1-12-6-5-7-15(19-12)18(22)10-13-8-9-14(11-18)20(13)16(21)23-17(2,3)4/h5-7,13-14,22H,8-11H2,1-4H3. The first-order valence-electron chi connectivity index (χ1n) is 8.36. The Bertz CT molecular complexity index is 595. The fourth-order valence-electron chi connectivity index (χ4n) is 3.85. The lowest BCUT2D eigenvalue weighted by molar-refractivity contribution is -0.0648. The van der Waals surface area contributed by atoms with Gasteiger partial charge in [-0.2, -0.15) is 0 Å². The van der Waals surface area contributed by atoms with E-state index in [9.17, 15) is 9.90 Å². The molecule has 0 aromatic carbocycles. The van der Waals surface area contributed by atoms with E-state index in [0.29, 0.717) is 12.8 Å². The highest BCUT2D eigenvalue weighted by atomic mass is 16.6. The maximum atomic E-state index is 12.5. The highest BCUT2D eigenvalue weighted by molar-refractivity contribution is 5.69. The molecule has 2 aliphatic heterocycles. The SMILES string of the molecule is Cc1cccc(C2(O)CC3CCC(C2)N3C(=O)OC(C)(C)C)n1. The lowest BCUT2D eigenvalue weighted by atomic mass is 9.83. The Hall–Kier alpha value is -1.62. The van der Waals surface area contributed by atoms with Crippen molar-refractivity contribution in [2.75, 3.05) is 0 Å². The summed E-state index contributed by atoms with van der Waals surface area (Å²) in [6.07, 6.45) is 2.62. The Morgan fingerprint density at radius 1 is 1.30 bits per heavy atom. The number of piperidine rings is 1. The van der Waals surface area contributed by atoms with Crippen molar-refractivity contribution in [3.63, 3.8) is 0 Å². The topological polar surface area (TPSA) is 62.7 Å². The zero-order chi connectivity index (χ0) is 16.8. The van der Waals surface area contributed by atoms with Crippen LogP contribution in [0.2, 0.25) is 0 Å². The van der Waals surface area contributed by atoms with Crippen molar-refractivity contribution >= 4 is 6.09 Å². The lowest BCUT2D eigenvalue weighted by Crippen LogP contribution is -2.53. The minimum atomic E-state index is -0.948. The van der Waals surface area contributed by atoms with Gasteiger partial charge in [-0.25, -0.2) is 4.79 Å². The molecule has 1 aromatic heterocycles. The van der Waals surface area contributed by atoms with Crippen molar-refractivity contribution in [3.05, 3.63) is 29.6 Å². The van der Waals surface area contributed by atoms with E-state index in [4.69, 9.17) is 4.74 Å². The van der Waals surface area contributed by atoms with Crippen molar-refractivity contribution in [3.8, 4) is 0 Å².